The minimum atomic E-state index is -0.985. The molecule has 0 radical (unpaired) electrons. The molecule has 3 aliphatic rings. The number of piperidine rings is 1. The Hall–Kier alpha value is -5.41. The monoisotopic (exact) mass is 767 g/mol. The van der Waals surface area contributed by atoms with Gasteiger partial charge in [-0.05, 0) is 88.7 Å². The van der Waals surface area contributed by atoms with Gasteiger partial charge in [0.2, 0.25) is 11.8 Å². The van der Waals surface area contributed by atoms with Crippen molar-refractivity contribution in [3.63, 3.8) is 0 Å². The lowest BCUT2D eigenvalue weighted by Gasteiger charge is -2.30. The Bertz CT molecular complexity index is 2130. The number of amides is 5. The van der Waals surface area contributed by atoms with Gasteiger partial charge in [0.15, 0.2) is 0 Å². The van der Waals surface area contributed by atoms with Crippen LogP contribution < -0.4 is 25.4 Å². The Labute approximate surface area is 323 Å². The van der Waals surface area contributed by atoms with E-state index in [-0.39, 0.29) is 29.9 Å². The van der Waals surface area contributed by atoms with Crippen LogP contribution in [-0.4, -0.2) is 96.2 Å². The first-order valence-corrected chi connectivity index (χ1v) is 19.5. The molecule has 2 aromatic heterocycles. The number of carbonyl (C=O) groups excluding carboxylic acids is 5. The maximum Gasteiger partial charge on any atom is 0.264 e. The number of thiazole rings is 1. The Balaban J connectivity index is 0.860. The van der Waals surface area contributed by atoms with Gasteiger partial charge in [-0.15, -0.1) is 11.3 Å². The van der Waals surface area contributed by atoms with Gasteiger partial charge in [0, 0.05) is 43.4 Å². The standard InChI is InChI=1S/C40H45N7O7S/c1-46(16-5-4-15-42-28-8-6-7-27-35(28)40(52)47(39(27)51)31-13-14-34(48)45-37(31)50)22-23-9-11-24(12-10-23)38-44-30-18-32(54-3)29(19-33(30)55-38)43-36(49)25-17-26(53-2)21-41-20-25/h6-8,17-21,23-24,31,42H,4-5,9-16,22H2,1-3H3,(H,43,49)(H,45,48,50). The molecule has 4 heterocycles. The van der Waals surface area contributed by atoms with Crippen molar-refractivity contribution in [3.8, 4) is 11.5 Å². The second-order valence-electron chi connectivity index (χ2n) is 14.4. The van der Waals surface area contributed by atoms with Crippen molar-refractivity contribution in [1.82, 2.24) is 25.1 Å². The van der Waals surface area contributed by atoms with Crippen LogP contribution >= 0.6 is 11.3 Å². The fourth-order valence-electron chi connectivity index (χ4n) is 7.78. The molecule has 7 rings (SSSR count). The van der Waals surface area contributed by atoms with Crippen molar-refractivity contribution in [2.45, 2.75) is 63.3 Å². The topological polar surface area (TPSA) is 172 Å². The Morgan fingerprint density at radius 3 is 2.56 bits per heavy atom. The lowest BCUT2D eigenvalue weighted by molar-refractivity contribution is -0.136. The molecule has 0 spiro atoms. The minimum absolute atomic E-state index is 0.0855. The summed E-state index contributed by atoms with van der Waals surface area (Å²) in [5.41, 5.74) is 2.97. The van der Waals surface area contributed by atoms with Gasteiger partial charge in [-0.1, -0.05) is 6.07 Å². The first-order valence-electron chi connectivity index (χ1n) is 18.7. The fourth-order valence-corrected chi connectivity index (χ4v) is 8.94. The maximum absolute atomic E-state index is 13.4. The molecular formula is C40H45N7O7S. The normalized spacial score (nSPS) is 19.8. The summed E-state index contributed by atoms with van der Waals surface area (Å²) in [4.78, 5) is 76.0. The Morgan fingerprint density at radius 2 is 1.80 bits per heavy atom. The summed E-state index contributed by atoms with van der Waals surface area (Å²) in [5.74, 6) is -0.263. The molecule has 1 unspecified atom stereocenters. The van der Waals surface area contributed by atoms with Crippen LogP contribution in [-0.2, 0) is 9.59 Å². The van der Waals surface area contributed by atoms with Crippen molar-refractivity contribution in [3.05, 3.63) is 70.5 Å². The van der Waals surface area contributed by atoms with Gasteiger partial charge >= 0.3 is 0 Å². The summed E-state index contributed by atoms with van der Waals surface area (Å²) in [6.45, 7) is 2.61. The number of nitrogens with zero attached hydrogens (tertiary/aromatic N) is 4. The second-order valence-corrected chi connectivity index (χ2v) is 15.5. The number of rotatable bonds is 14. The first kappa shape index (κ1) is 37.9. The predicted molar refractivity (Wildman–Crippen MR) is 208 cm³/mol. The maximum atomic E-state index is 13.4. The van der Waals surface area contributed by atoms with Gasteiger partial charge in [0.25, 0.3) is 17.7 Å². The van der Waals surface area contributed by atoms with E-state index in [1.807, 2.05) is 12.1 Å². The lowest BCUT2D eigenvalue weighted by Crippen LogP contribution is -2.54. The number of nitrogens with one attached hydrogen (secondary N) is 3. The highest BCUT2D eigenvalue weighted by Crippen LogP contribution is 2.41. The van der Waals surface area contributed by atoms with Crippen molar-refractivity contribution in [2.24, 2.45) is 5.92 Å². The van der Waals surface area contributed by atoms with E-state index < -0.39 is 29.7 Å². The molecule has 2 aromatic carbocycles. The van der Waals surface area contributed by atoms with Gasteiger partial charge in [0.1, 0.15) is 17.5 Å². The smallest absolute Gasteiger partial charge is 0.264 e. The molecule has 1 saturated heterocycles. The van der Waals surface area contributed by atoms with Crippen LogP contribution in [0.4, 0.5) is 11.4 Å². The average molecular weight is 768 g/mol. The molecule has 5 amide bonds. The van der Waals surface area contributed by atoms with Gasteiger partial charge in [-0.2, -0.15) is 0 Å². The molecule has 1 saturated carbocycles. The number of methoxy groups -OCH3 is 2. The molecule has 15 heteroatoms. The molecule has 3 N–H and O–H groups in total. The number of aromatic nitrogens is 2. The van der Waals surface area contributed by atoms with Gasteiger partial charge in [0.05, 0.1) is 58.0 Å². The zero-order chi connectivity index (χ0) is 38.6. The third-order valence-corrected chi connectivity index (χ3v) is 11.9. The number of carbonyl (C=O) groups is 5. The van der Waals surface area contributed by atoms with E-state index in [9.17, 15) is 24.0 Å². The zero-order valence-electron chi connectivity index (χ0n) is 31.2. The number of unbranched alkanes of at least 4 members (excludes halogenated alkanes) is 1. The van der Waals surface area contributed by atoms with Crippen LogP contribution in [0.25, 0.3) is 10.2 Å². The van der Waals surface area contributed by atoms with Crippen LogP contribution in [0.15, 0.2) is 48.8 Å². The molecular weight excluding hydrogens is 723 g/mol. The van der Waals surface area contributed by atoms with Crippen molar-refractivity contribution >= 4 is 62.5 Å². The summed E-state index contributed by atoms with van der Waals surface area (Å²) in [6, 6.07) is 9.59. The van der Waals surface area contributed by atoms with Gasteiger partial charge in [-0.25, -0.2) is 4.98 Å². The first-order chi connectivity index (χ1) is 26.6. The van der Waals surface area contributed by atoms with Crippen molar-refractivity contribution in [2.75, 3.05) is 51.5 Å². The summed E-state index contributed by atoms with van der Waals surface area (Å²) in [7, 11) is 5.28. The third kappa shape index (κ3) is 8.17. The molecule has 14 nitrogen and oxygen atoms in total. The number of pyridine rings is 1. The molecule has 2 aliphatic heterocycles. The highest BCUT2D eigenvalue weighted by atomic mass is 32.1. The zero-order valence-corrected chi connectivity index (χ0v) is 32.0. The summed E-state index contributed by atoms with van der Waals surface area (Å²) < 4.78 is 11.8. The molecule has 55 heavy (non-hydrogen) atoms. The number of imide groups is 2. The molecule has 2 fully saturated rings. The Kier molecular flexibility index (Phi) is 11.4. The highest BCUT2D eigenvalue weighted by Gasteiger charge is 2.45. The lowest BCUT2D eigenvalue weighted by atomic mass is 9.82. The van der Waals surface area contributed by atoms with E-state index in [1.54, 1.807) is 48.9 Å². The number of anilines is 2. The summed E-state index contributed by atoms with van der Waals surface area (Å²) in [6.07, 6.45) is 9.53. The van der Waals surface area contributed by atoms with Crippen LogP contribution in [0.1, 0.15) is 93.4 Å². The molecule has 4 aromatic rings. The number of fused-ring (bicyclic) bond motifs is 2. The number of hydrogen-bond donors (Lipinski definition) is 3. The van der Waals surface area contributed by atoms with E-state index in [2.05, 4.69) is 32.9 Å². The fraction of sp³-hybridized carbons (Fsp3) is 0.425. The van der Waals surface area contributed by atoms with Crippen molar-refractivity contribution in [1.29, 1.82) is 0 Å². The van der Waals surface area contributed by atoms with E-state index >= 15 is 0 Å². The highest BCUT2D eigenvalue weighted by molar-refractivity contribution is 7.18. The van der Waals surface area contributed by atoms with E-state index in [1.165, 1.54) is 13.3 Å². The van der Waals surface area contributed by atoms with E-state index in [0.29, 0.717) is 46.8 Å². The quantitative estimate of drug-likeness (QED) is 0.110. The minimum Gasteiger partial charge on any atom is -0.495 e. The van der Waals surface area contributed by atoms with E-state index in [4.69, 9.17) is 14.5 Å². The third-order valence-electron chi connectivity index (χ3n) is 10.7. The molecule has 0 bridgehead atoms. The summed E-state index contributed by atoms with van der Waals surface area (Å²) >= 11 is 1.68. The van der Waals surface area contributed by atoms with Crippen molar-refractivity contribution < 1.29 is 33.4 Å². The molecule has 1 atom stereocenters. The second kappa shape index (κ2) is 16.5. The van der Waals surface area contributed by atoms with Crippen LogP contribution in [0, 0.1) is 5.92 Å². The molecule has 1 aliphatic carbocycles. The summed E-state index contributed by atoms with van der Waals surface area (Å²) in [5, 5.41) is 9.66. The van der Waals surface area contributed by atoms with Gasteiger partial charge in [-0.3, -0.25) is 39.2 Å². The van der Waals surface area contributed by atoms with Gasteiger partial charge < -0.3 is 25.0 Å². The predicted octanol–water partition coefficient (Wildman–Crippen LogP) is 5.46. The van der Waals surface area contributed by atoms with E-state index in [0.717, 1.165) is 71.7 Å². The number of benzene rings is 2. The van der Waals surface area contributed by atoms with Crippen LogP contribution in [0.2, 0.25) is 0 Å². The Morgan fingerprint density at radius 1 is 0.982 bits per heavy atom. The van der Waals surface area contributed by atoms with Crippen LogP contribution in [0.3, 0.4) is 0 Å². The average Bonchev–Trinajstić information content (AvgIpc) is 3.72. The number of hydrogen-bond acceptors (Lipinski definition) is 12. The van der Waals surface area contributed by atoms with Crippen LogP contribution in [0.5, 0.6) is 11.5 Å². The SMILES string of the molecule is COc1cncc(C(=O)Nc2cc3sc(C4CCC(CN(C)CCCCNc5cccc6c5C(=O)N(C5CCC(=O)NC5=O)C6=O)CC4)nc3cc2OC)c1. The number of ether oxygens (including phenoxy) is 2. The largest absolute Gasteiger partial charge is 0.495 e. The molecule has 288 valence electrons.